The maximum atomic E-state index is 10.2. The molecule has 0 spiro atoms. The van der Waals surface area contributed by atoms with Crippen LogP contribution < -0.4 is 0 Å². The molecular weight excluding hydrogens is 306 g/mol. The highest BCUT2D eigenvalue weighted by Crippen LogP contribution is 2.37. The van der Waals surface area contributed by atoms with E-state index in [1.54, 1.807) is 0 Å². The first-order chi connectivity index (χ1) is 11.1. The Morgan fingerprint density at radius 1 is 1.30 bits per heavy atom. The maximum absolute atomic E-state index is 10.2. The Hall–Kier alpha value is -1.09. The quantitative estimate of drug-likeness (QED) is 0.893. The standard InChI is InChI=1S/C20H26ClNO/c1-15(23)19-11-12-22(13-16-5-3-2-4-6-16)14-20(19)17-7-9-18(21)10-8-17/h2-7,9-10,15,17,19-20,23H,8,11-14H2,1H3/t15-,17?,19-,20-/m1/s1. The number of allylic oxidation sites excluding steroid dienone is 4. The predicted octanol–water partition coefficient (Wildman–Crippen LogP) is 4.20. The number of benzene rings is 1. The third kappa shape index (κ3) is 4.26. The SMILES string of the molecule is C[C@@H](O)[C@H]1CCN(Cc2ccccc2)C[C@@H]1C1C=CC(Cl)=CC1. The molecule has 1 N–H and O–H groups in total. The lowest BCUT2D eigenvalue weighted by Gasteiger charge is -2.43. The normalized spacial score (nSPS) is 30.0. The van der Waals surface area contributed by atoms with Gasteiger partial charge in [0.05, 0.1) is 6.10 Å². The Labute approximate surface area is 144 Å². The van der Waals surface area contributed by atoms with Crippen LogP contribution in [0.25, 0.3) is 0 Å². The molecule has 2 nitrogen and oxygen atoms in total. The molecule has 1 aromatic carbocycles. The number of halogens is 1. The second-order valence-corrected chi connectivity index (χ2v) is 7.36. The lowest BCUT2D eigenvalue weighted by Crippen LogP contribution is -2.46. The average Bonchev–Trinajstić information content (AvgIpc) is 2.56. The summed E-state index contributed by atoms with van der Waals surface area (Å²) >= 11 is 6.07. The number of nitrogens with zero attached hydrogens (tertiary/aromatic N) is 1. The first-order valence-corrected chi connectivity index (χ1v) is 8.99. The molecule has 23 heavy (non-hydrogen) atoms. The Balaban J connectivity index is 1.70. The van der Waals surface area contributed by atoms with Crippen LogP contribution in [0.4, 0.5) is 0 Å². The summed E-state index contributed by atoms with van der Waals surface area (Å²) in [6, 6.07) is 10.7. The van der Waals surface area contributed by atoms with Crippen LogP contribution in [0.2, 0.25) is 0 Å². The number of likely N-dealkylation sites (tertiary alicyclic amines) is 1. The molecule has 0 aromatic heterocycles. The van der Waals surface area contributed by atoms with Crippen molar-refractivity contribution in [2.24, 2.45) is 17.8 Å². The predicted molar refractivity (Wildman–Crippen MR) is 96.2 cm³/mol. The van der Waals surface area contributed by atoms with Gasteiger partial charge in [-0.25, -0.2) is 0 Å². The summed E-state index contributed by atoms with van der Waals surface area (Å²) in [5.74, 6) is 1.35. The molecule has 1 heterocycles. The van der Waals surface area contributed by atoms with E-state index in [-0.39, 0.29) is 6.10 Å². The average molecular weight is 332 g/mol. The minimum Gasteiger partial charge on any atom is -0.393 e. The van der Waals surface area contributed by atoms with Gasteiger partial charge in [-0.05, 0) is 55.7 Å². The number of aliphatic hydroxyl groups is 1. The zero-order valence-corrected chi connectivity index (χ0v) is 14.5. The molecule has 1 aromatic rings. The number of hydrogen-bond donors (Lipinski definition) is 1. The Kier molecular flexibility index (Phi) is 5.58. The number of hydrogen-bond acceptors (Lipinski definition) is 2. The van der Waals surface area contributed by atoms with E-state index in [0.717, 1.165) is 37.5 Å². The lowest BCUT2D eigenvalue weighted by molar-refractivity contribution is 0.00847. The molecule has 0 amide bonds. The van der Waals surface area contributed by atoms with E-state index in [4.69, 9.17) is 11.6 Å². The van der Waals surface area contributed by atoms with E-state index in [0.29, 0.717) is 17.8 Å². The molecule has 2 aliphatic rings. The van der Waals surface area contributed by atoms with E-state index >= 15 is 0 Å². The molecule has 1 aliphatic heterocycles. The van der Waals surface area contributed by atoms with Crippen LogP contribution in [0.3, 0.4) is 0 Å². The van der Waals surface area contributed by atoms with Crippen molar-refractivity contribution in [1.82, 2.24) is 4.90 Å². The van der Waals surface area contributed by atoms with Gasteiger partial charge in [-0.2, -0.15) is 0 Å². The number of rotatable bonds is 4. The Morgan fingerprint density at radius 3 is 2.74 bits per heavy atom. The third-order valence-corrected chi connectivity index (χ3v) is 5.58. The second-order valence-electron chi connectivity index (χ2n) is 6.93. The van der Waals surface area contributed by atoms with Crippen molar-refractivity contribution >= 4 is 11.6 Å². The fourth-order valence-electron chi connectivity index (χ4n) is 4.04. The van der Waals surface area contributed by atoms with Crippen molar-refractivity contribution in [2.45, 2.75) is 32.4 Å². The van der Waals surface area contributed by atoms with E-state index in [2.05, 4.69) is 47.4 Å². The minimum absolute atomic E-state index is 0.242. The molecule has 0 bridgehead atoms. The molecule has 1 fully saturated rings. The van der Waals surface area contributed by atoms with Crippen LogP contribution >= 0.6 is 11.6 Å². The van der Waals surface area contributed by atoms with Gasteiger partial charge in [0.2, 0.25) is 0 Å². The first-order valence-electron chi connectivity index (χ1n) is 8.61. The van der Waals surface area contributed by atoms with Gasteiger partial charge in [0.1, 0.15) is 0 Å². The van der Waals surface area contributed by atoms with Crippen LogP contribution in [-0.2, 0) is 6.54 Å². The first kappa shape index (κ1) is 16.8. The monoisotopic (exact) mass is 331 g/mol. The lowest BCUT2D eigenvalue weighted by atomic mass is 9.72. The van der Waals surface area contributed by atoms with Crippen molar-refractivity contribution < 1.29 is 5.11 Å². The van der Waals surface area contributed by atoms with Crippen LogP contribution in [0, 0.1) is 17.8 Å². The van der Waals surface area contributed by atoms with Gasteiger partial charge >= 0.3 is 0 Å². The smallest absolute Gasteiger partial charge is 0.0544 e. The van der Waals surface area contributed by atoms with Gasteiger partial charge in [0.15, 0.2) is 0 Å². The molecule has 3 rings (SSSR count). The van der Waals surface area contributed by atoms with E-state index in [9.17, 15) is 5.11 Å². The Bertz CT molecular complexity index is 566. The molecule has 0 saturated carbocycles. The molecule has 1 aliphatic carbocycles. The number of aliphatic hydroxyl groups excluding tert-OH is 1. The zero-order chi connectivity index (χ0) is 16.2. The van der Waals surface area contributed by atoms with Crippen LogP contribution in [0.5, 0.6) is 0 Å². The van der Waals surface area contributed by atoms with E-state index < -0.39 is 0 Å². The van der Waals surface area contributed by atoms with E-state index in [1.807, 2.05) is 13.0 Å². The van der Waals surface area contributed by atoms with Crippen molar-refractivity contribution in [3.05, 3.63) is 59.2 Å². The Morgan fingerprint density at radius 2 is 2.09 bits per heavy atom. The van der Waals surface area contributed by atoms with Crippen molar-refractivity contribution in [3.63, 3.8) is 0 Å². The topological polar surface area (TPSA) is 23.5 Å². The summed E-state index contributed by atoms with van der Waals surface area (Å²) in [6.07, 6.45) is 8.19. The molecule has 1 unspecified atom stereocenters. The number of piperidine rings is 1. The molecule has 0 radical (unpaired) electrons. The van der Waals surface area contributed by atoms with Gasteiger partial charge < -0.3 is 5.11 Å². The van der Waals surface area contributed by atoms with E-state index in [1.165, 1.54) is 5.56 Å². The van der Waals surface area contributed by atoms with Gasteiger partial charge in [-0.15, -0.1) is 0 Å². The van der Waals surface area contributed by atoms with Gasteiger partial charge in [-0.3, -0.25) is 4.90 Å². The highest BCUT2D eigenvalue weighted by Gasteiger charge is 2.36. The van der Waals surface area contributed by atoms with Crippen molar-refractivity contribution in [2.75, 3.05) is 13.1 Å². The van der Waals surface area contributed by atoms with Crippen LogP contribution in [0.1, 0.15) is 25.3 Å². The fraction of sp³-hybridized carbons (Fsp3) is 0.500. The van der Waals surface area contributed by atoms with Gasteiger partial charge in [0.25, 0.3) is 0 Å². The summed E-state index contributed by atoms with van der Waals surface area (Å²) in [5.41, 5.74) is 1.36. The van der Waals surface area contributed by atoms with Crippen LogP contribution in [-0.4, -0.2) is 29.2 Å². The molecule has 3 heteroatoms. The van der Waals surface area contributed by atoms with Crippen molar-refractivity contribution in [1.29, 1.82) is 0 Å². The summed E-state index contributed by atoms with van der Waals surface area (Å²) < 4.78 is 0. The van der Waals surface area contributed by atoms with Gasteiger partial charge in [-0.1, -0.05) is 54.1 Å². The molecule has 1 saturated heterocycles. The third-order valence-electron chi connectivity index (χ3n) is 5.30. The summed E-state index contributed by atoms with van der Waals surface area (Å²) in [4.78, 5) is 2.53. The van der Waals surface area contributed by atoms with Gasteiger partial charge in [0, 0.05) is 18.1 Å². The maximum Gasteiger partial charge on any atom is 0.0544 e. The summed E-state index contributed by atoms with van der Waals surface area (Å²) in [5, 5.41) is 11.1. The fourth-order valence-corrected chi connectivity index (χ4v) is 4.20. The van der Waals surface area contributed by atoms with Crippen molar-refractivity contribution in [3.8, 4) is 0 Å². The molecular formula is C20H26ClNO. The minimum atomic E-state index is -0.242. The molecule has 4 atom stereocenters. The zero-order valence-electron chi connectivity index (χ0n) is 13.7. The highest BCUT2D eigenvalue weighted by atomic mass is 35.5. The molecule has 124 valence electrons. The second kappa shape index (κ2) is 7.65. The largest absolute Gasteiger partial charge is 0.393 e. The summed E-state index contributed by atoms with van der Waals surface area (Å²) in [6.45, 7) is 5.05. The highest BCUT2D eigenvalue weighted by molar-refractivity contribution is 6.31. The van der Waals surface area contributed by atoms with Crippen LogP contribution in [0.15, 0.2) is 53.6 Å². The summed E-state index contributed by atoms with van der Waals surface area (Å²) in [7, 11) is 0.